The molecule has 2 aromatic carbocycles. The van der Waals surface area contributed by atoms with Crippen LogP contribution in [0.4, 0.5) is 30.7 Å². The third kappa shape index (κ3) is 4.20. The summed E-state index contributed by atoms with van der Waals surface area (Å²) in [5.41, 5.74) is 4.57. The van der Waals surface area contributed by atoms with E-state index in [9.17, 15) is 30.7 Å². The molecule has 0 amide bonds. The van der Waals surface area contributed by atoms with Gasteiger partial charge in [0.25, 0.3) is 6.17 Å². The summed E-state index contributed by atoms with van der Waals surface area (Å²) in [5.74, 6) is -1.28. The highest BCUT2D eigenvalue weighted by Crippen LogP contribution is 2.36. The van der Waals surface area contributed by atoms with E-state index in [1.807, 2.05) is 0 Å². The molecule has 0 bridgehead atoms. The van der Waals surface area contributed by atoms with Gasteiger partial charge < -0.3 is 10.2 Å². The van der Waals surface area contributed by atoms with Crippen LogP contribution in [0.2, 0.25) is 0 Å². The summed E-state index contributed by atoms with van der Waals surface area (Å²) in [6.45, 7) is 0.423. The number of nitrogens with zero attached hydrogens (tertiary/aromatic N) is 1. The minimum Gasteiger partial charge on any atom is -0.430 e. The van der Waals surface area contributed by atoms with E-state index >= 15 is 0 Å². The predicted molar refractivity (Wildman–Crippen MR) is 86.6 cm³/mol. The van der Waals surface area contributed by atoms with Crippen molar-refractivity contribution in [2.24, 2.45) is 5.10 Å². The highest BCUT2D eigenvalue weighted by atomic mass is 19.4. The first-order chi connectivity index (χ1) is 13.1. The van der Waals surface area contributed by atoms with Crippen LogP contribution in [0.15, 0.2) is 53.6 Å². The first-order valence-corrected chi connectivity index (χ1v) is 8.02. The average Bonchev–Trinajstić information content (AvgIpc) is 3.11. The lowest BCUT2D eigenvalue weighted by atomic mass is 9.91. The Labute approximate surface area is 154 Å². The molecule has 1 aliphatic heterocycles. The number of alkyl halides is 6. The molecule has 10 heteroatoms. The molecular formula is C18H13F7N2O. The number of nitrogens with one attached hydrogen (secondary N) is 1. The van der Waals surface area contributed by atoms with Crippen molar-refractivity contribution >= 4 is 5.71 Å². The van der Waals surface area contributed by atoms with Crippen molar-refractivity contribution in [3.63, 3.8) is 0 Å². The van der Waals surface area contributed by atoms with Gasteiger partial charge in [0.1, 0.15) is 11.6 Å². The highest BCUT2D eigenvalue weighted by molar-refractivity contribution is 6.06. The molecule has 0 radical (unpaired) electrons. The van der Waals surface area contributed by atoms with Gasteiger partial charge in [-0.05, 0) is 47.5 Å². The third-order valence-corrected chi connectivity index (χ3v) is 4.08. The van der Waals surface area contributed by atoms with Gasteiger partial charge in [-0.2, -0.15) is 27.1 Å². The van der Waals surface area contributed by atoms with E-state index in [2.05, 4.69) is 15.3 Å². The van der Waals surface area contributed by atoms with Gasteiger partial charge in [0.05, 0.1) is 5.71 Å². The van der Waals surface area contributed by atoms with E-state index in [1.54, 1.807) is 12.1 Å². The molecule has 2 atom stereocenters. The molecule has 2 aromatic rings. The average molecular weight is 406 g/mol. The Balaban J connectivity index is 1.76. The Morgan fingerprint density at radius 3 is 2.14 bits per heavy atom. The van der Waals surface area contributed by atoms with Crippen LogP contribution < -0.4 is 10.2 Å². The largest absolute Gasteiger partial charge is 0.439 e. The number of hydrogen-bond acceptors (Lipinski definition) is 3. The molecule has 0 saturated carbocycles. The molecule has 1 heterocycles. The van der Waals surface area contributed by atoms with Crippen LogP contribution in [-0.2, 0) is 0 Å². The van der Waals surface area contributed by atoms with Gasteiger partial charge in [-0.1, -0.05) is 12.1 Å². The Morgan fingerprint density at radius 1 is 0.964 bits per heavy atom. The molecule has 1 aliphatic rings. The summed E-state index contributed by atoms with van der Waals surface area (Å²) in [4.78, 5) is 0. The van der Waals surface area contributed by atoms with Gasteiger partial charge in [0, 0.05) is 12.5 Å². The maximum Gasteiger partial charge on any atom is 0.439 e. The van der Waals surface area contributed by atoms with E-state index in [-0.39, 0.29) is 5.92 Å². The van der Waals surface area contributed by atoms with Crippen molar-refractivity contribution in [1.29, 1.82) is 0 Å². The predicted octanol–water partition coefficient (Wildman–Crippen LogP) is 4.79. The monoisotopic (exact) mass is 406 g/mol. The second-order valence-electron chi connectivity index (χ2n) is 6.06. The smallest absolute Gasteiger partial charge is 0.430 e. The lowest BCUT2D eigenvalue weighted by Crippen LogP contribution is -2.45. The lowest BCUT2D eigenvalue weighted by molar-refractivity contribution is -0.304. The summed E-state index contributed by atoms with van der Waals surface area (Å²) < 4.78 is 93.1. The van der Waals surface area contributed by atoms with Crippen LogP contribution in [0.3, 0.4) is 0 Å². The van der Waals surface area contributed by atoms with Crippen molar-refractivity contribution in [3.05, 3.63) is 65.5 Å². The Morgan fingerprint density at radius 2 is 1.57 bits per heavy atom. The van der Waals surface area contributed by atoms with Gasteiger partial charge in [0.2, 0.25) is 0 Å². The molecule has 150 valence electrons. The van der Waals surface area contributed by atoms with E-state index in [4.69, 9.17) is 0 Å². The van der Waals surface area contributed by atoms with Crippen LogP contribution in [0.25, 0.3) is 0 Å². The van der Waals surface area contributed by atoms with Crippen molar-refractivity contribution < 1.29 is 35.5 Å². The first-order valence-electron chi connectivity index (χ1n) is 8.02. The number of rotatable bonds is 5. The zero-order valence-electron chi connectivity index (χ0n) is 14.0. The molecule has 0 aliphatic carbocycles. The number of hydrogen-bond donors (Lipinski definition) is 1. The molecule has 0 aromatic heterocycles. The topological polar surface area (TPSA) is 33.6 Å². The van der Waals surface area contributed by atoms with Gasteiger partial charge >= 0.3 is 12.3 Å². The highest BCUT2D eigenvalue weighted by Gasteiger charge is 2.59. The van der Waals surface area contributed by atoms with E-state index in [0.29, 0.717) is 17.8 Å². The fraction of sp³-hybridized carbons (Fsp3) is 0.278. The molecule has 0 spiro atoms. The quantitative estimate of drug-likeness (QED) is 0.725. The van der Waals surface area contributed by atoms with Gasteiger partial charge in [0.15, 0.2) is 0 Å². The zero-order chi connectivity index (χ0) is 20.5. The molecule has 0 saturated heterocycles. The number of benzene rings is 2. The Hall–Kier alpha value is -2.78. The molecule has 2 unspecified atom stereocenters. The summed E-state index contributed by atoms with van der Waals surface area (Å²) in [5, 5.41) is 4.13. The van der Waals surface area contributed by atoms with Crippen molar-refractivity contribution in [2.75, 3.05) is 6.54 Å². The fourth-order valence-corrected chi connectivity index (χ4v) is 2.73. The second-order valence-corrected chi connectivity index (χ2v) is 6.06. The number of ether oxygens (including phenoxy) is 1. The Bertz CT molecular complexity index is 848. The molecule has 0 fully saturated rings. The van der Waals surface area contributed by atoms with Crippen LogP contribution in [-0.4, -0.2) is 30.7 Å². The minimum absolute atomic E-state index is 0.241. The summed E-state index contributed by atoms with van der Waals surface area (Å²) in [6, 6.07) is 10.4. The Kier molecular flexibility index (Phi) is 5.22. The SMILES string of the molecule is Fc1ccc(C2CNN=C2c2ccc(OC(F)(F)C(F)C(F)(F)F)cc2)cc1. The summed E-state index contributed by atoms with van der Waals surface area (Å²) >= 11 is 0. The summed E-state index contributed by atoms with van der Waals surface area (Å²) in [7, 11) is 0. The molecule has 1 N–H and O–H groups in total. The van der Waals surface area contributed by atoms with Gasteiger partial charge in [-0.15, -0.1) is 0 Å². The number of hydrazone groups is 1. The van der Waals surface area contributed by atoms with Crippen molar-refractivity contribution in [2.45, 2.75) is 24.4 Å². The van der Waals surface area contributed by atoms with Crippen LogP contribution in [0.1, 0.15) is 17.0 Å². The molecule has 28 heavy (non-hydrogen) atoms. The molecule has 3 rings (SSSR count). The van der Waals surface area contributed by atoms with Crippen LogP contribution in [0, 0.1) is 5.82 Å². The number of halogens is 7. The van der Waals surface area contributed by atoms with Crippen LogP contribution >= 0.6 is 0 Å². The zero-order valence-corrected chi connectivity index (χ0v) is 14.0. The molecule has 3 nitrogen and oxygen atoms in total. The fourth-order valence-electron chi connectivity index (χ4n) is 2.73. The van der Waals surface area contributed by atoms with Crippen molar-refractivity contribution in [3.8, 4) is 5.75 Å². The van der Waals surface area contributed by atoms with Crippen molar-refractivity contribution in [1.82, 2.24) is 5.43 Å². The minimum atomic E-state index is -5.75. The third-order valence-electron chi connectivity index (χ3n) is 4.08. The second kappa shape index (κ2) is 7.33. The summed E-state index contributed by atoms with van der Waals surface area (Å²) in [6.07, 6.45) is -15.3. The van der Waals surface area contributed by atoms with E-state index < -0.39 is 30.0 Å². The van der Waals surface area contributed by atoms with Crippen LogP contribution in [0.5, 0.6) is 5.75 Å². The lowest BCUT2D eigenvalue weighted by Gasteiger charge is -2.23. The van der Waals surface area contributed by atoms with E-state index in [0.717, 1.165) is 17.7 Å². The first kappa shape index (κ1) is 20.0. The van der Waals surface area contributed by atoms with Gasteiger partial charge in [-0.3, -0.25) is 0 Å². The van der Waals surface area contributed by atoms with Gasteiger partial charge in [-0.25, -0.2) is 8.78 Å². The normalized spacial score (nSPS) is 18.4. The standard InChI is InChI=1S/C18H13F7N2O/c19-12-5-1-10(2-6-12)14-9-26-27-15(14)11-3-7-13(8-4-11)28-18(24,25)16(20)17(21,22)23/h1-8,14,16,26H,9H2. The van der Waals surface area contributed by atoms with E-state index in [1.165, 1.54) is 24.3 Å². The maximum absolute atomic E-state index is 13.3. The molecular weight excluding hydrogens is 393 g/mol. The maximum atomic E-state index is 13.3.